The molecule has 68 valence electrons. The third-order valence-corrected chi connectivity index (χ3v) is 1.78. The van der Waals surface area contributed by atoms with Crippen molar-refractivity contribution in [1.29, 1.82) is 0 Å². The fraction of sp³-hybridized carbons (Fsp3) is 0.333. The zero-order chi connectivity index (χ0) is 9.35. The highest BCUT2D eigenvalue weighted by atomic mass is 79.9. The van der Waals surface area contributed by atoms with Gasteiger partial charge in [0.15, 0.2) is 0 Å². The fourth-order valence-corrected chi connectivity index (χ4v) is 1.09. The molecule has 1 N–H and O–H groups in total. The van der Waals surface area contributed by atoms with Gasteiger partial charge in [0.1, 0.15) is 5.70 Å². The van der Waals surface area contributed by atoms with Crippen LogP contribution in [-0.2, 0) is 0 Å². The highest BCUT2D eigenvalue weighted by molar-refractivity contribution is 9.11. The number of rotatable bonds is 0. The molecule has 0 atom stereocenters. The van der Waals surface area contributed by atoms with E-state index in [-0.39, 0.29) is 0 Å². The van der Waals surface area contributed by atoms with Gasteiger partial charge in [0.05, 0.1) is 0 Å². The Labute approximate surface area is 75.8 Å². The van der Waals surface area contributed by atoms with Crippen molar-refractivity contribution in [3.05, 3.63) is 22.5 Å². The van der Waals surface area contributed by atoms with Crippen LogP contribution in [0.5, 0.6) is 0 Å². The number of halogens is 4. The quantitative estimate of drug-likeness (QED) is 0.700. The molecule has 0 unspecified atom stereocenters. The minimum atomic E-state index is -4.32. The van der Waals surface area contributed by atoms with Crippen molar-refractivity contribution in [1.82, 2.24) is 10.4 Å². The van der Waals surface area contributed by atoms with Gasteiger partial charge in [-0.3, -0.25) is 5.01 Å². The van der Waals surface area contributed by atoms with Gasteiger partial charge in [0.2, 0.25) is 0 Å². The van der Waals surface area contributed by atoms with Crippen LogP contribution in [-0.4, -0.2) is 18.2 Å². The summed E-state index contributed by atoms with van der Waals surface area (Å²) in [5.41, 5.74) is 1.70. The van der Waals surface area contributed by atoms with E-state index in [1.54, 1.807) is 0 Å². The van der Waals surface area contributed by atoms with E-state index >= 15 is 0 Å². The monoisotopic (exact) mass is 242 g/mol. The van der Waals surface area contributed by atoms with Gasteiger partial charge in [0, 0.05) is 17.7 Å². The Morgan fingerprint density at radius 3 is 2.50 bits per heavy atom. The predicted molar refractivity (Wildman–Crippen MR) is 42.0 cm³/mol. The summed E-state index contributed by atoms with van der Waals surface area (Å²) in [5.74, 6) is 0. The lowest BCUT2D eigenvalue weighted by molar-refractivity contribution is -0.112. The minimum absolute atomic E-state index is 0.368. The lowest BCUT2D eigenvalue weighted by atomic mass is 10.3. The molecule has 0 spiro atoms. The molecule has 0 saturated carbocycles. The van der Waals surface area contributed by atoms with E-state index < -0.39 is 11.9 Å². The standard InChI is InChI=1S/C6H6BrF3N2/c1-12-5(6(8,9)10)2-4(7)3-11-12/h2-3,11H,1H3. The van der Waals surface area contributed by atoms with Gasteiger partial charge >= 0.3 is 6.18 Å². The molecule has 0 aromatic heterocycles. The highest BCUT2D eigenvalue weighted by Gasteiger charge is 2.37. The Bertz CT molecular complexity index is 244. The van der Waals surface area contributed by atoms with Gasteiger partial charge < -0.3 is 5.43 Å². The van der Waals surface area contributed by atoms with Crippen molar-refractivity contribution in [3.8, 4) is 0 Å². The van der Waals surface area contributed by atoms with E-state index in [9.17, 15) is 13.2 Å². The summed E-state index contributed by atoms with van der Waals surface area (Å²) in [6.45, 7) is 0. The summed E-state index contributed by atoms with van der Waals surface area (Å²) >= 11 is 2.94. The summed E-state index contributed by atoms with van der Waals surface area (Å²) in [6.07, 6.45) is -1.89. The van der Waals surface area contributed by atoms with Crippen LogP contribution in [0.25, 0.3) is 0 Å². The predicted octanol–water partition coefficient (Wildman–Crippen LogP) is 2.12. The maximum atomic E-state index is 12.2. The molecule has 0 amide bonds. The van der Waals surface area contributed by atoms with Gasteiger partial charge in [-0.25, -0.2) is 0 Å². The van der Waals surface area contributed by atoms with Crippen molar-refractivity contribution in [2.45, 2.75) is 6.18 Å². The third-order valence-electron chi connectivity index (χ3n) is 1.32. The molecule has 1 aliphatic rings. The Morgan fingerprint density at radius 2 is 2.08 bits per heavy atom. The van der Waals surface area contributed by atoms with Gasteiger partial charge in [-0.05, 0) is 22.0 Å². The molecule has 0 bridgehead atoms. The third kappa shape index (κ3) is 1.94. The largest absolute Gasteiger partial charge is 0.432 e. The number of alkyl halides is 3. The number of hydrogen-bond donors (Lipinski definition) is 1. The smallest absolute Gasteiger partial charge is 0.305 e. The molecule has 0 fully saturated rings. The Hall–Kier alpha value is -0.650. The number of allylic oxidation sites excluding steroid dienone is 3. The Morgan fingerprint density at radius 1 is 1.50 bits per heavy atom. The topological polar surface area (TPSA) is 15.3 Å². The first-order valence-electron chi connectivity index (χ1n) is 3.06. The summed E-state index contributed by atoms with van der Waals surface area (Å²) < 4.78 is 36.9. The van der Waals surface area contributed by atoms with E-state index in [0.29, 0.717) is 4.48 Å². The summed E-state index contributed by atoms with van der Waals surface area (Å²) in [4.78, 5) is 0. The summed E-state index contributed by atoms with van der Waals surface area (Å²) in [6, 6.07) is 0. The van der Waals surface area contributed by atoms with Crippen LogP contribution in [0.2, 0.25) is 0 Å². The normalized spacial score (nSPS) is 18.2. The molecular weight excluding hydrogens is 237 g/mol. The molecule has 0 aromatic carbocycles. The van der Waals surface area contributed by atoms with Crippen LogP contribution in [0, 0.1) is 0 Å². The molecular formula is C6H6BrF3N2. The molecule has 1 heterocycles. The molecule has 2 nitrogen and oxygen atoms in total. The maximum Gasteiger partial charge on any atom is 0.432 e. The van der Waals surface area contributed by atoms with E-state index in [4.69, 9.17) is 0 Å². The van der Waals surface area contributed by atoms with Gasteiger partial charge in [-0.15, -0.1) is 0 Å². The molecule has 0 aliphatic carbocycles. The molecule has 6 heteroatoms. The summed E-state index contributed by atoms with van der Waals surface area (Å²) in [5, 5.41) is 0.908. The van der Waals surface area contributed by atoms with E-state index in [1.165, 1.54) is 13.2 Å². The second-order valence-electron chi connectivity index (χ2n) is 2.24. The zero-order valence-electron chi connectivity index (χ0n) is 6.11. The lowest BCUT2D eigenvalue weighted by Crippen LogP contribution is -2.38. The zero-order valence-corrected chi connectivity index (χ0v) is 7.70. The van der Waals surface area contributed by atoms with Crippen molar-refractivity contribution < 1.29 is 13.2 Å². The Kier molecular flexibility index (Phi) is 2.36. The average molecular weight is 243 g/mol. The van der Waals surface area contributed by atoms with Crippen LogP contribution >= 0.6 is 15.9 Å². The molecule has 1 rings (SSSR count). The Balaban J connectivity index is 2.94. The molecule has 0 radical (unpaired) electrons. The average Bonchev–Trinajstić information content (AvgIpc) is 1.92. The number of hydrazine groups is 1. The molecule has 1 aliphatic heterocycles. The number of nitrogens with zero attached hydrogens (tertiary/aromatic N) is 1. The molecule has 0 saturated heterocycles. The fourth-order valence-electron chi connectivity index (χ4n) is 0.769. The first kappa shape index (κ1) is 9.44. The SMILES string of the molecule is CN1NC=C(Br)C=C1C(F)(F)F. The van der Waals surface area contributed by atoms with Gasteiger partial charge in [-0.2, -0.15) is 13.2 Å². The second-order valence-corrected chi connectivity index (χ2v) is 3.16. The van der Waals surface area contributed by atoms with E-state index in [1.807, 2.05) is 0 Å². The van der Waals surface area contributed by atoms with Crippen molar-refractivity contribution in [2.75, 3.05) is 7.05 Å². The van der Waals surface area contributed by atoms with Crippen molar-refractivity contribution >= 4 is 15.9 Å². The highest BCUT2D eigenvalue weighted by Crippen LogP contribution is 2.30. The first-order valence-corrected chi connectivity index (χ1v) is 3.85. The van der Waals surface area contributed by atoms with Crippen molar-refractivity contribution in [2.24, 2.45) is 0 Å². The van der Waals surface area contributed by atoms with Gasteiger partial charge in [-0.1, -0.05) is 0 Å². The maximum absolute atomic E-state index is 12.2. The van der Waals surface area contributed by atoms with Crippen LogP contribution in [0.15, 0.2) is 22.5 Å². The van der Waals surface area contributed by atoms with Gasteiger partial charge in [0.25, 0.3) is 0 Å². The van der Waals surface area contributed by atoms with Crippen LogP contribution in [0.1, 0.15) is 0 Å². The summed E-state index contributed by atoms with van der Waals surface area (Å²) in [7, 11) is 1.30. The second kappa shape index (κ2) is 3.01. The number of hydrogen-bond acceptors (Lipinski definition) is 2. The van der Waals surface area contributed by atoms with Crippen LogP contribution in [0.4, 0.5) is 13.2 Å². The number of nitrogens with one attached hydrogen (secondary N) is 1. The van der Waals surface area contributed by atoms with E-state index in [2.05, 4.69) is 21.4 Å². The van der Waals surface area contributed by atoms with Crippen LogP contribution in [0.3, 0.4) is 0 Å². The minimum Gasteiger partial charge on any atom is -0.305 e. The van der Waals surface area contributed by atoms with Crippen molar-refractivity contribution in [3.63, 3.8) is 0 Å². The van der Waals surface area contributed by atoms with E-state index in [0.717, 1.165) is 11.1 Å². The molecule has 12 heavy (non-hydrogen) atoms. The molecule has 0 aromatic rings. The lowest BCUT2D eigenvalue weighted by Gasteiger charge is -2.26. The first-order chi connectivity index (χ1) is 5.41. The van der Waals surface area contributed by atoms with Crippen LogP contribution < -0.4 is 5.43 Å².